The molecule has 149 valence electrons. The first-order valence-corrected chi connectivity index (χ1v) is 9.63. The Bertz CT molecular complexity index is 977. The normalized spacial score (nSPS) is 12.1. The van der Waals surface area contributed by atoms with Crippen LogP contribution in [0.3, 0.4) is 0 Å². The first-order chi connectivity index (χ1) is 13.6. The van der Waals surface area contributed by atoms with Gasteiger partial charge in [0, 0.05) is 17.3 Å². The van der Waals surface area contributed by atoms with E-state index in [0.29, 0.717) is 0 Å². The maximum Gasteiger partial charge on any atom is 0.330 e. The van der Waals surface area contributed by atoms with E-state index in [1.54, 1.807) is 33.5 Å². The molecular formula is C24H26BFNO2. The molecule has 0 aliphatic rings. The van der Waals surface area contributed by atoms with Gasteiger partial charge in [-0.15, -0.1) is 0 Å². The van der Waals surface area contributed by atoms with E-state index in [1.165, 1.54) is 12.1 Å². The summed E-state index contributed by atoms with van der Waals surface area (Å²) in [7, 11) is 1.66. The zero-order valence-corrected chi connectivity index (χ0v) is 17.5. The summed E-state index contributed by atoms with van der Waals surface area (Å²) in [6.07, 6.45) is 1.83. The van der Waals surface area contributed by atoms with Crippen LogP contribution in [0.2, 0.25) is 0 Å². The zero-order valence-electron chi connectivity index (χ0n) is 17.5. The minimum absolute atomic E-state index is 0.247. The fourth-order valence-electron chi connectivity index (χ4n) is 2.74. The molecule has 0 fully saturated rings. The van der Waals surface area contributed by atoms with Gasteiger partial charge in [0.25, 0.3) is 0 Å². The average molecular weight is 390 g/mol. The van der Waals surface area contributed by atoms with Crippen LogP contribution >= 0.6 is 0 Å². The van der Waals surface area contributed by atoms with E-state index in [2.05, 4.69) is 4.98 Å². The molecule has 1 heterocycles. The number of aliphatic hydroxyl groups is 1. The highest BCUT2D eigenvalue weighted by Crippen LogP contribution is 2.27. The molecule has 3 aromatic rings. The molecule has 0 spiro atoms. The monoisotopic (exact) mass is 390 g/mol. The van der Waals surface area contributed by atoms with Crippen molar-refractivity contribution in [3.05, 3.63) is 72.2 Å². The highest BCUT2D eigenvalue weighted by molar-refractivity contribution is 6.47. The number of nitrogens with zero attached hydrogens (tertiary/aromatic N) is 1. The third-order valence-electron chi connectivity index (χ3n) is 5.44. The van der Waals surface area contributed by atoms with E-state index in [0.717, 1.165) is 33.4 Å². The second kappa shape index (κ2) is 8.09. The molecule has 0 amide bonds. The van der Waals surface area contributed by atoms with Crippen LogP contribution in [0.1, 0.15) is 33.3 Å². The van der Waals surface area contributed by atoms with Gasteiger partial charge < -0.3 is 9.76 Å². The minimum Gasteiger partial charge on any atom is -0.427 e. The van der Waals surface area contributed by atoms with Crippen molar-refractivity contribution in [3.8, 4) is 22.4 Å². The van der Waals surface area contributed by atoms with Gasteiger partial charge in [0.15, 0.2) is 0 Å². The molecule has 0 unspecified atom stereocenters. The van der Waals surface area contributed by atoms with Gasteiger partial charge in [-0.3, -0.25) is 4.98 Å². The van der Waals surface area contributed by atoms with E-state index in [9.17, 15) is 9.50 Å². The fraction of sp³-hybridized carbons (Fsp3) is 0.292. The standard InChI is InChI=1S/C24H26BFNO2/c1-16-14-22(27-15-21(16)17-8-12-20(26)13-9-17)18-6-10-19(11-7-18)25-29-24(4,5)23(2,3)28/h6-15,28H,1-5H3. The van der Waals surface area contributed by atoms with E-state index < -0.39 is 11.2 Å². The Kier molecular flexibility index (Phi) is 5.92. The Balaban J connectivity index is 1.75. The van der Waals surface area contributed by atoms with Crippen LogP contribution in [0.15, 0.2) is 60.8 Å². The fourth-order valence-corrected chi connectivity index (χ4v) is 2.74. The molecule has 2 aromatic carbocycles. The summed E-state index contributed by atoms with van der Waals surface area (Å²) >= 11 is 0. The largest absolute Gasteiger partial charge is 0.427 e. The van der Waals surface area contributed by atoms with Crippen LogP contribution < -0.4 is 5.46 Å². The first-order valence-electron chi connectivity index (χ1n) is 9.63. The Morgan fingerprint density at radius 1 is 0.931 bits per heavy atom. The van der Waals surface area contributed by atoms with Crippen molar-refractivity contribution in [3.63, 3.8) is 0 Å². The molecule has 0 aliphatic carbocycles. The number of benzene rings is 2. The van der Waals surface area contributed by atoms with Gasteiger partial charge in [-0.05, 0) is 63.9 Å². The number of halogens is 1. The third kappa shape index (κ3) is 4.92. The zero-order chi connectivity index (χ0) is 21.2. The number of pyridine rings is 1. The van der Waals surface area contributed by atoms with Crippen molar-refractivity contribution in [2.45, 2.75) is 45.8 Å². The van der Waals surface area contributed by atoms with Crippen molar-refractivity contribution < 1.29 is 14.2 Å². The lowest BCUT2D eigenvalue weighted by Gasteiger charge is -2.37. The summed E-state index contributed by atoms with van der Waals surface area (Å²) in [6.45, 7) is 9.19. The molecule has 1 aromatic heterocycles. The summed E-state index contributed by atoms with van der Waals surface area (Å²) in [5.41, 5.74) is 4.12. The molecule has 0 bridgehead atoms. The highest BCUT2D eigenvalue weighted by Gasteiger charge is 2.35. The molecule has 29 heavy (non-hydrogen) atoms. The maximum atomic E-state index is 13.2. The van der Waals surface area contributed by atoms with E-state index in [1.807, 2.05) is 57.3 Å². The van der Waals surface area contributed by atoms with Gasteiger partial charge in [0.2, 0.25) is 0 Å². The number of hydrogen-bond donors (Lipinski definition) is 1. The van der Waals surface area contributed by atoms with Gasteiger partial charge >= 0.3 is 7.48 Å². The summed E-state index contributed by atoms with van der Waals surface area (Å²) < 4.78 is 19.0. The minimum atomic E-state index is -0.961. The van der Waals surface area contributed by atoms with Gasteiger partial charge in [0.05, 0.1) is 16.9 Å². The SMILES string of the molecule is Cc1cc(-c2ccc([B]OC(C)(C)C(C)(C)O)cc2)ncc1-c1ccc(F)cc1. The molecule has 0 atom stereocenters. The quantitative estimate of drug-likeness (QED) is 0.622. The van der Waals surface area contributed by atoms with Crippen molar-refractivity contribution in [1.82, 2.24) is 4.98 Å². The number of aryl methyl sites for hydroxylation is 1. The summed E-state index contributed by atoms with van der Waals surface area (Å²) in [6, 6.07) is 16.4. The topological polar surface area (TPSA) is 42.4 Å². The van der Waals surface area contributed by atoms with Gasteiger partial charge in [0.1, 0.15) is 5.82 Å². The smallest absolute Gasteiger partial charge is 0.330 e. The van der Waals surface area contributed by atoms with Gasteiger partial charge in [-0.1, -0.05) is 41.9 Å². The lowest BCUT2D eigenvalue weighted by Crippen LogP contribution is -2.49. The molecule has 1 radical (unpaired) electrons. The van der Waals surface area contributed by atoms with Crippen LogP contribution in [-0.2, 0) is 4.65 Å². The maximum absolute atomic E-state index is 13.2. The molecule has 0 aliphatic heterocycles. The number of aromatic nitrogens is 1. The molecule has 0 saturated carbocycles. The van der Waals surface area contributed by atoms with E-state index >= 15 is 0 Å². The van der Waals surface area contributed by atoms with E-state index in [4.69, 9.17) is 4.65 Å². The van der Waals surface area contributed by atoms with Crippen LogP contribution in [-0.4, -0.2) is 28.8 Å². The van der Waals surface area contributed by atoms with Gasteiger partial charge in [-0.2, -0.15) is 0 Å². The lowest BCUT2D eigenvalue weighted by molar-refractivity contribution is -0.0893. The summed E-state index contributed by atoms with van der Waals surface area (Å²) in [5.74, 6) is -0.247. The van der Waals surface area contributed by atoms with Crippen molar-refractivity contribution in [2.75, 3.05) is 0 Å². The molecule has 3 nitrogen and oxygen atoms in total. The Morgan fingerprint density at radius 2 is 1.52 bits per heavy atom. The van der Waals surface area contributed by atoms with Crippen molar-refractivity contribution in [2.24, 2.45) is 0 Å². The average Bonchev–Trinajstić information content (AvgIpc) is 2.67. The van der Waals surface area contributed by atoms with Crippen LogP contribution in [0.25, 0.3) is 22.4 Å². The highest BCUT2D eigenvalue weighted by atomic mass is 19.1. The molecule has 3 rings (SSSR count). The second-order valence-corrected chi connectivity index (χ2v) is 8.32. The molecular weight excluding hydrogens is 364 g/mol. The predicted molar refractivity (Wildman–Crippen MR) is 117 cm³/mol. The number of rotatable bonds is 6. The Labute approximate surface area is 172 Å². The third-order valence-corrected chi connectivity index (χ3v) is 5.44. The molecule has 1 N–H and O–H groups in total. The summed E-state index contributed by atoms with van der Waals surface area (Å²) in [4.78, 5) is 4.59. The van der Waals surface area contributed by atoms with Gasteiger partial charge in [-0.25, -0.2) is 4.39 Å². The second-order valence-electron chi connectivity index (χ2n) is 8.32. The first kappa shape index (κ1) is 21.2. The Hall–Kier alpha value is -2.50. The Morgan fingerprint density at radius 3 is 2.07 bits per heavy atom. The van der Waals surface area contributed by atoms with Crippen molar-refractivity contribution in [1.29, 1.82) is 0 Å². The van der Waals surface area contributed by atoms with Crippen LogP contribution in [0.4, 0.5) is 4.39 Å². The molecule has 0 saturated heterocycles. The lowest BCUT2D eigenvalue weighted by atomic mass is 9.82. The summed E-state index contributed by atoms with van der Waals surface area (Å²) in [5, 5.41) is 10.2. The van der Waals surface area contributed by atoms with Crippen LogP contribution in [0.5, 0.6) is 0 Å². The number of hydrogen-bond acceptors (Lipinski definition) is 3. The van der Waals surface area contributed by atoms with Crippen LogP contribution in [0, 0.1) is 12.7 Å². The molecule has 5 heteroatoms. The van der Waals surface area contributed by atoms with E-state index in [-0.39, 0.29) is 5.82 Å². The van der Waals surface area contributed by atoms with Crippen molar-refractivity contribution >= 4 is 12.9 Å². The predicted octanol–water partition coefficient (Wildman–Crippen LogP) is 4.67.